The van der Waals surface area contributed by atoms with Crippen LogP contribution < -0.4 is 14.9 Å². The lowest BCUT2D eigenvalue weighted by Gasteiger charge is -2.30. The number of anilines is 3. The Labute approximate surface area is 191 Å². The number of para-hydroxylation sites is 1. The summed E-state index contributed by atoms with van der Waals surface area (Å²) in [6.07, 6.45) is 2.17. The van der Waals surface area contributed by atoms with Crippen molar-refractivity contribution in [3.63, 3.8) is 0 Å². The Morgan fingerprint density at radius 3 is 2.56 bits per heavy atom. The number of nitrogens with one attached hydrogen (secondary N) is 2. The van der Waals surface area contributed by atoms with Crippen molar-refractivity contribution >= 4 is 50.2 Å². The summed E-state index contributed by atoms with van der Waals surface area (Å²) in [4.78, 5) is 24.9. The average molecular weight is 470 g/mol. The molecule has 1 aromatic heterocycles. The smallest absolute Gasteiger partial charge is 0.314 e. The maximum Gasteiger partial charge on any atom is 0.314 e. The van der Waals surface area contributed by atoms with E-state index in [0.29, 0.717) is 30.0 Å². The van der Waals surface area contributed by atoms with Gasteiger partial charge in [0.05, 0.1) is 5.69 Å². The first-order valence-corrected chi connectivity index (χ1v) is 12.6. The van der Waals surface area contributed by atoms with Crippen LogP contribution in [0.1, 0.15) is 24.5 Å². The zero-order valence-electron chi connectivity index (χ0n) is 17.5. The second-order valence-corrected chi connectivity index (χ2v) is 10.4. The van der Waals surface area contributed by atoms with Gasteiger partial charge in [0.1, 0.15) is 4.21 Å². The third-order valence-electron chi connectivity index (χ3n) is 5.31. The summed E-state index contributed by atoms with van der Waals surface area (Å²) >= 11 is 1.17. The number of benzene rings is 2. The van der Waals surface area contributed by atoms with Gasteiger partial charge in [0.25, 0.3) is 10.0 Å². The number of rotatable bonds is 5. The fourth-order valence-corrected chi connectivity index (χ4v) is 6.34. The molecule has 2 amide bonds. The first-order valence-electron chi connectivity index (χ1n) is 10.3. The number of sulfonamides is 1. The molecule has 32 heavy (non-hydrogen) atoms. The molecule has 0 saturated carbocycles. The van der Waals surface area contributed by atoms with Gasteiger partial charge in [-0.25, -0.2) is 8.42 Å². The van der Waals surface area contributed by atoms with E-state index in [1.165, 1.54) is 15.6 Å². The Morgan fingerprint density at radius 1 is 1.03 bits per heavy atom. The van der Waals surface area contributed by atoms with E-state index in [2.05, 4.69) is 10.6 Å². The molecule has 0 fully saturated rings. The zero-order chi connectivity index (χ0) is 22.7. The molecule has 0 atom stereocenters. The molecule has 3 aromatic rings. The summed E-state index contributed by atoms with van der Waals surface area (Å²) in [7, 11) is -3.68. The summed E-state index contributed by atoms with van der Waals surface area (Å²) in [6.45, 7) is 2.33. The molecule has 9 heteroatoms. The Hall–Kier alpha value is -3.17. The molecule has 1 aliphatic heterocycles. The number of amides is 2. The van der Waals surface area contributed by atoms with Crippen molar-refractivity contribution in [2.75, 3.05) is 21.5 Å². The van der Waals surface area contributed by atoms with E-state index < -0.39 is 21.8 Å². The van der Waals surface area contributed by atoms with E-state index in [4.69, 9.17) is 0 Å². The number of aryl methyl sites for hydroxylation is 2. The van der Waals surface area contributed by atoms with Crippen LogP contribution in [0.4, 0.5) is 17.1 Å². The van der Waals surface area contributed by atoms with Crippen molar-refractivity contribution in [2.24, 2.45) is 0 Å². The largest absolute Gasteiger partial charge is 0.318 e. The Kier molecular flexibility index (Phi) is 6.29. The fraction of sp³-hybridized carbons (Fsp3) is 0.217. The fourth-order valence-electron chi connectivity index (χ4n) is 3.70. The topological polar surface area (TPSA) is 95.6 Å². The molecule has 0 bridgehead atoms. The monoisotopic (exact) mass is 469 g/mol. The number of carbonyl (C=O) groups is 2. The maximum absolute atomic E-state index is 13.1. The number of fused-ring (bicyclic) bond motifs is 1. The molecule has 0 saturated heterocycles. The predicted octanol–water partition coefficient (Wildman–Crippen LogP) is 4.03. The van der Waals surface area contributed by atoms with Crippen LogP contribution in [0.2, 0.25) is 0 Å². The molecule has 0 radical (unpaired) electrons. The Bertz CT molecular complexity index is 1250. The van der Waals surface area contributed by atoms with Crippen molar-refractivity contribution in [3.05, 3.63) is 71.1 Å². The predicted molar refractivity (Wildman–Crippen MR) is 127 cm³/mol. The van der Waals surface area contributed by atoms with Crippen molar-refractivity contribution < 1.29 is 18.0 Å². The molecule has 2 N–H and O–H groups in total. The second-order valence-electron chi connectivity index (χ2n) is 7.38. The third-order valence-corrected chi connectivity index (χ3v) is 8.50. The summed E-state index contributed by atoms with van der Waals surface area (Å²) in [6, 6.07) is 15.7. The van der Waals surface area contributed by atoms with Gasteiger partial charge in [-0.3, -0.25) is 13.9 Å². The molecule has 0 spiro atoms. The molecule has 166 valence electrons. The first kappa shape index (κ1) is 22.0. The van der Waals surface area contributed by atoms with Gasteiger partial charge in [0, 0.05) is 17.9 Å². The van der Waals surface area contributed by atoms with Crippen molar-refractivity contribution in [1.29, 1.82) is 0 Å². The summed E-state index contributed by atoms with van der Waals surface area (Å²) < 4.78 is 27.9. The SMILES string of the molecule is CCc1ccccc1NC(=O)C(=O)Nc1ccc2c(c1)N(S(=O)(=O)c1cccs1)CCC2. The lowest BCUT2D eigenvalue weighted by atomic mass is 10.0. The van der Waals surface area contributed by atoms with Crippen LogP contribution in [0, 0.1) is 0 Å². The quantitative estimate of drug-likeness (QED) is 0.552. The molecule has 2 heterocycles. The lowest BCUT2D eigenvalue weighted by molar-refractivity contribution is -0.133. The summed E-state index contributed by atoms with van der Waals surface area (Å²) in [5.74, 6) is -1.61. The minimum atomic E-state index is -3.68. The van der Waals surface area contributed by atoms with Crippen molar-refractivity contribution in [2.45, 2.75) is 30.4 Å². The normalized spacial score (nSPS) is 13.3. The minimum Gasteiger partial charge on any atom is -0.318 e. The maximum atomic E-state index is 13.1. The lowest BCUT2D eigenvalue weighted by Crippen LogP contribution is -2.35. The number of thiophene rings is 1. The molecule has 1 aliphatic rings. The molecular formula is C23H23N3O4S2. The highest BCUT2D eigenvalue weighted by atomic mass is 32.2. The highest BCUT2D eigenvalue weighted by molar-refractivity contribution is 7.94. The molecule has 0 aliphatic carbocycles. The number of nitrogens with zero attached hydrogens (tertiary/aromatic N) is 1. The van der Waals surface area contributed by atoms with E-state index in [0.717, 1.165) is 24.0 Å². The highest BCUT2D eigenvalue weighted by Crippen LogP contribution is 2.35. The van der Waals surface area contributed by atoms with Gasteiger partial charge in [-0.05, 0) is 60.0 Å². The van der Waals surface area contributed by atoms with Gasteiger partial charge in [-0.2, -0.15) is 0 Å². The van der Waals surface area contributed by atoms with Gasteiger partial charge in [-0.15, -0.1) is 11.3 Å². The van der Waals surface area contributed by atoms with Crippen LogP contribution in [0.15, 0.2) is 64.2 Å². The minimum absolute atomic E-state index is 0.272. The summed E-state index contributed by atoms with van der Waals surface area (Å²) in [5.41, 5.74) is 3.29. The number of hydrogen-bond acceptors (Lipinski definition) is 5. The van der Waals surface area contributed by atoms with E-state index in [-0.39, 0.29) is 4.21 Å². The van der Waals surface area contributed by atoms with E-state index in [9.17, 15) is 18.0 Å². The van der Waals surface area contributed by atoms with Crippen LogP contribution >= 0.6 is 11.3 Å². The molecule has 2 aromatic carbocycles. The van der Waals surface area contributed by atoms with Gasteiger partial charge in [0.2, 0.25) is 0 Å². The summed E-state index contributed by atoms with van der Waals surface area (Å²) in [5, 5.41) is 6.95. The molecule has 7 nitrogen and oxygen atoms in total. The van der Waals surface area contributed by atoms with Crippen molar-refractivity contribution in [3.8, 4) is 0 Å². The zero-order valence-corrected chi connectivity index (χ0v) is 19.1. The number of hydrogen-bond donors (Lipinski definition) is 2. The van der Waals surface area contributed by atoms with Gasteiger partial charge in [0.15, 0.2) is 0 Å². The van der Waals surface area contributed by atoms with Crippen LogP contribution in [-0.2, 0) is 32.5 Å². The first-order chi connectivity index (χ1) is 15.4. The van der Waals surface area contributed by atoms with Gasteiger partial charge < -0.3 is 10.6 Å². The Balaban J connectivity index is 1.55. The third kappa shape index (κ3) is 4.39. The van der Waals surface area contributed by atoms with Crippen LogP contribution in [0.3, 0.4) is 0 Å². The molecule has 0 unspecified atom stereocenters. The van der Waals surface area contributed by atoms with Crippen LogP contribution in [0.5, 0.6) is 0 Å². The number of carbonyl (C=O) groups excluding carboxylic acids is 2. The second kappa shape index (κ2) is 9.13. The van der Waals surface area contributed by atoms with E-state index in [1.54, 1.807) is 47.8 Å². The van der Waals surface area contributed by atoms with Crippen molar-refractivity contribution in [1.82, 2.24) is 0 Å². The van der Waals surface area contributed by atoms with Gasteiger partial charge in [-0.1, -0.05) is 37.3 Å². The van der Waals surface area contributed by atoms with Gasteiger partial charge >= 0.3 is 11.8 Å². The molecule has 4 rings (SSSR count). The standard InChI is InChI=1S/C23H23N3O4S2/c1-2-16-7-3-4-9-19(16)25-23(28)22(27)24-18-12-11-17-8-5-13-26(20(17)15-18)32(29,30)21-10-6-14-31-21/h3-4,6-7,9-12,14-15H,2,5,8,13H2,1H3,(H,24,27)(H,25,28). The van der Waals surface area contributed by atoms with Crippen LogP contribution in [0.25, 0.3) is 0 Å². The van der Waals surface area contributed by atoms with Crippen LogP contribution in [-0.4, -0.2) is 26.8 Å². The molecular weight excluding hydrogens is 446 g/mol. The van der Waals surface area contributed by atoms with E-state index >= 15 is 0 Å². The average Bonchev–Trinajstić information content (AvgIpc) is 3.35. The Morgan fingerprint density at radius 2 is 1.81 bits per heavy atom. The highest BCUT2D eigenvalue weighted by Gasteiger charge is 2.30. The van der Waals surface area contributed by atoms with E-state index in [1.807, 2.05) is 19.1 Å².